The highest BCUT2D eigenvalue weighted by Crippen LogP contribution is 2.33. The van der Waals surface area contributed by atoms with Gasteiger partial charge >= 0.3 is 6.18 Å². The number of hydrogen-bond acceptors (Lipinski definition) is 5. The lowest BCUT2D eigenvalue weighted by atomic mass is 10.1. The number of nitro groups is 1. The van der Waals surface area contributed by atoms with Gasteiger partial charge in [0.05, 0.1) is 16.7 Å². The predicted octanol–water partition coefficient (Wildman–Crippen LogP) is 2.01. The van der Waals surface area contributed by atoms with Crippen LogP contribution in [0.3, 0.4) is 0 Å². The molecule has 7 nitrogen and oxygen atoms in total. The van der Waals surface area contributed by atoms with Crippen molar-refractivity contribution in [3.8, 4) is 5.69 Å². The first kappa shape index (κ1) is 13.6. The smallest absolute Gasteiger partial charge is 0.296 e. The van der Waals surface area contributed by atoms with Crippen LogP contribution in [0, 0.1) is 10.1 Å². The van der Waals surface area contributed by atoms with Crippen molar-refractivity contribution in [2.45, 2.75) is 6.18 Å². The molecule has 0 unspecified atom stereocenters. The van der Waals surface area contributed by atoms with Gasteiger partial charge in [0, 0.05) is 6.07 Å². The van der Waals surface area contributed by atoms with Gasteiger partial charge in [-0.1, -0.05) is 5.21 Å². The van der Waals surface area contributed by atoms with Crippen LogP contribution < -0.4 is 0 Å². The van der Waals surface area contributed by atoms with Crippen LogP contribution in [0.4, 0.5) is 18.9 Å². The maximum Gasteiger partial charge on any atom is 0.416 e. The van der Waals surface area contributed by atoms with E-state index in [4.69, 9.17) is 0 Å². The highest BCUT2D eigenvalue weighted by molar-refractivity contribution is 5.71. The van der Waals surface area contributed by atoms with Crippen molar-refractivity contribution in [3.05, 3.63) is 45.8 Å². The molecule has 0 aliphatic rings. The number of rotatable bonds is 3. The van der Waals surface area contributed by atoms with Crippen molar-refractivity contribution in [1.29, 1.82) is 0 Å². The maximum atomic E-state index is 12.5. The standard InChI is InChI=1S/C10H5F3N4O3/c11-10(12,13)6-1-2-8(9(3-6)17(19)20)16-4-7(5-18)14-15-16/h1-5H. The van der Waals surface area contributed by atoms with E-state index >= 15 is 0 Å². The molecule has 10 heteroatoms. The Hall–Kier alpha value is -2.78. The summed E-state index contributed by atoms with van der Waals surface area (Å²) in [6, 6.07) is 1.98. The van der Waals surface area contributed by atoms with Gasteiger partial charge in [0.15, 0.2) is 6.29 Å². The Labute approximate surface area is 108 Å². The molecule has 20 heavy (non-hydrogen) atoms. The summed E-state index contributed by atoms with van der Waals surface area (Å²) in [6.45, 7) is 0. The summed E-state index contributed by atoms with van der Waals surface area (Å²) < 4.78 is 38.4. The van der Waals surface area contributed by atoms with Gasteiger partial charge in [0.2, 0.25) is 0 Å². The average molecular weight is 286 g/mol. The Balaban J connectivity index is 2.58. The lowest BCUT2D eigenvalue weighted by molar-refractivity contribution is -0.384. The highest BCUT2D eigenvalue weighted by Gasteiger charge is 2.33. The van der Waals surface area contributed by atoms with E-state index in [1.807, 2.05) is 0 Å². The Bertz CT molecular complexity index is 681. The molecule has 0 spiro atoms. The third kappa shape index (κ3) is 2.48. The van der Waals surface area contributed by atoms with Gasteiger partial charge in [-0.3, -0.25) is 14.9 Å². The molecule has 1 aromatic carbocycles. The number of carbonyl (C=O) groups excluding carboxylic acids is 1. The number of aromatic nitrogens is 3. The quantitative estimate of drug-likeness (QED) is 0.489. The van der Waals surface area contributed by atoms with Gasteiger partial charge in [0.25, 0.3) is 5.69 Å². The Morgan fingerprint density at radius 3 is 2.55 bits per heavy atom. The zero-order valence-corrected chi connectivity index (χ0v) is 9.53. The molecule has 0 aliphatic heterocycles. The Kier molecular flexibility index (Phi) is 3.22. The van der Waals surface area contributed by atoms with Crippen molar-refractivity contribution >= 4 is 12.0 Å². The van der Waals surface area contributed by atoms with Crippen LogP contribution >= 0.6 is 0 Å². The van der Waals surface area contributed by atoms with E-state index in [0.29, 0.717) is 18.4 Å². The summed E-state index contributed by atoms with van der Waals surface area (Å²) in [7, 11) is 0. The third-order valence-electron chi connectivity index (χ3n) is 2.38. The number of benzene rings is 1. The second-order valence-electron chi connectivity index (χ2n) is 3.66. The molecule has 1 aromatic heterocycles. The second kappa shape index (κ2) is 4.72. The summed E-state index contributed by atoms with van der Waals surface area (Å²) in [5, 5.41) is 17.7. The summed E-state index contributed by atoms with van der Waals surface area (Å²) in [5.41, 5.74) is -2.26. The average Bonchev–Trinajstić information content (AvgIpc) is 2.85. The fraction of sp³-hybridized carbons (Fsp3) is 0.100. The van der Waals surface area contributed by atoms with Gasteiger partial charge in [-0.15, -0.1) is 5.10 Å². The molecule has 0 N–H and O–H groups in total. The van der Waals surface area contributed by atoms with Gasteiger partial charge in [-0.05, 0) is 12.1 Å². The number of nitrogens with zero attached hydrogens (tertiary/aromatic N) is 4. The number of halogens is 3. The fourth-order valence-electron chi connectivity index (χ4n) is 1.49. The van der Waals surface area contributed by atoms with Gasteiger partial charge < -0.3 is 0 Å². The van der Waals surface area contributed by atoms with Crippen LogP contribution in [-0.4, -0.2) is 26.2 Å². The number of aldehydes is 1. The first-order valence-corrected chi connectivity index (χ1v) is 5.06. The summed E-state index contributed by atoms with van der Waals surface area (Å²) in [6.07, 6.45) is -3.26. The lowest BCUT2D eigenvalue weighted by Gasteiger charge is -2.08. The van der Waals surface area contributed by atoms with E-state index in [1.54, 1.807) is 0 Å². The lowest BCUT2D eigenvalue weighted by Crippen LogP contribution is -2.08. The minimum absolute atomic E-state index is 0.0980. The first-order valence-electron chi connectivity index (χ1n) is 5.06. The summed E-state index contributed by atoms with van der Waals surface area (Å²) in [4.78, 5) is 20.3. The van der Waals surface area contributed by atoms with Gasteiger partial charge in [-0.2, -0.15) is 13.2 Å². The molecule has 0 aliphatic carbocycles. The van der Waals surface area contributed by atoms with Gasteiger partial charge in [-0.25, -0.2) is 4.68 Å². The van der Waals surface area contributed by atoms with Crippen molar-refractivity contribution in [3.63, 3.8) is 0 Å². The molecule has 0 amide bonds. The zero-order chi connectivity index (χ0) is 14.9. The molecule has 2 aromatic rings. The van der Waals surface area contributed by atoms with E-state index < -0.39 is 22.4 Å². The third-order valence-corrected chi connectivity index (χ3v) is 2.38. The van der Waals surface area contributed by atoms with E-state index in [1.165, 1.54) is 0 Å². The minimum Gasteiger partial charge on any atom is -0.296 e. The number of nitro benzene ring substituents is 1. The van der Waals surface area contributed by atoms with Crippen molar-refractivity contribution < 1.29 is 22.9 Å². The number of hydrogen-bond donors (Lipinski definition) is 0. The van der Waals surface area contributed by atoms with Gasteiger partial charge in [0.1, 0.15) is 11.4 Å². The van der Waals surface area contributed by atoms with Crippen LogP contribution in [0.2, 0.25) is 0 Å². The molecule has 1 heterocycles. The molecule has 0 saturated heterocycles. The van der Waals surface area contributed by atoms with Crippen molar-refractivity contribution in [2.24, 2.45) is 0 Å². The molecular weight excluding hydrogens is 281 g/mol. The van der Waals surface area contributed by atoms with E-state index in [0.717, 1.165) is 16.9 Å². The molecule has 0 radical (unpaired) electrons. The van der Waals surface area contributed by atoms with E-state index in [2.05, 4.69) is 10.3 Å². The molecule has 0 bridgehead atoms. The number of alkyl halides is 3. The van der Waals surface area contributed by atoms with Crippen LogP contribution in [-0.2, 0) is 6.18 Å². The molecule has 2 rings (SSSR count). The Morgan fingerprint density at radius 1 is 1.35 bits per heavy atom. The number of carbonyl (C=O) groups is 1. The van der Waals surface area contributed by atoms with Crippen molar-refractivity contribution in [2.75, 3.05) is 0 Å². The molecule has 104 valence electrons. The van der Waals surface area contributed by atoms with E-state index in [9.17, 15) is 28.1 Å². The zero-order valence-electron chi connectivity index (χ0n) is 9.53. The second-order valence-corrected chi connectivity index (χ2v) is 3.66. The molecule has 0 saturated carbocycles. The maximum absolute atomic E-state index is 12.5. The molecular formula is C10H5F3N4O3. The van der Waals surface area contributed by atoms with Crippen LogP contribution in [0.1, 0.15) is 16.1 Å². The summed E-state index contributed by atoms with van der Waals surface area (Å²) >= 11 is 0. The normalized spacial score (nSPS) is 11.3. The van der Waals surface area contributed by atoms with Crippen molar-refractivity contribution in [1.82, 2.24) is 15.0 Å². The SMILES string of the molecule is O=Cc1cn(-c2ccc(C(F)(F)F)cc2[N+](=O)[O-])nn1. The summed E-state index contributed by atoms with van der Waals surface area (Å²) in [5.74, 6) is 0. The molecule has 0 fully saturated rings. The minimum atomic E-state index is -4.69. The molecule has 0 atom stereocenters. The Morgan fingerprint density at radius 2 is 2.05 bits per heavy atom. The van der Waals surface area contributed by atoms with E-state index in [-0.39, 0.29) is 11.4 Å². The monoisotopic (exact) mass is 286 g/mol. The van der Waals surface area contributed by atoms with Crippen LogP contribution in [0.25, 0.3) is 5.69 Å². The predicted molar refractivity (Wildman–Crippen MR) is 58.4 cm³/mol. The van der Waals surface area contributed by atoms with Crippen LogP contribution in [0.15, 0.2) is 24.4 Å². The largest absolute Gasteiger partial charge is 0.416 e. The topological polar surface area (TPSA) is 90.9 Å². The fourth-order valence-corrected chi connectivity index (χ4v) is 1.49. The highest BCUT2D eigenvalue weighted by atomic mass is 19.4. The van der Waals surface area contributed by atoms with Crippen LogP contribution in [0.5, 0.6) is 0 Å². The first-order chi connectivity index (χ1) is 9.32.